The summed E-state index contributed by atoms with van der Waals surface area (Å²) in [6.07, 6.45) is -6.85. The topological polar surface area (TPSA) is 36.4 Å². The van der Waals surface area contributed by atoms with E-state index < -0.39 is 23.5 Å². The molecule has 0 spiro atoms. The number of nitrogens with zero attached hydrogens (tertiary/aromatic N) is 1. The van der Waals surface area contributed by atoms with Crippen LogP contribution in [0.1, 0.15) is 31.4 Å². The van der Waals surface area contributed by atoms with E-state index >= 15 is 0 Å². The molecular weight excluding hydrogens is 384 g/mol. The van der Waals surface area contributed by atoms with Crippen LogP contribution in [0.3, 0.4) is 0 Å². The highest BCUT2D eigenvalue weighted by Gasteiger charge is 2.37. The summed E-state index contributed by atoms with van der Waals surface area (Å²) in [6, 6.07) is 1.28. The predicted octanol–water partition coefficient (Wildman–Crippen LogP) is 5.62. The van der Waals surface area contributed by atoms with E-state index in [4.69, 9.17) is 0 Å². The molecule has 3 nitrogen and oxygen atoms in total. The van der Waals surface area contributed by atoms with E-state index in [-0.39, 0.29) is 17.6 Å². The zero-order valence-corrected chi connectivity index (χ0v) is 15.4. The number of hydrogen-bond donors (Lipinski definition) is 2. The lowest BCUT2D eigenvalue weighted by atomic mass is 10.0. The molecule has 0 radical (unpaired) electrons. The molecule has 1 heterocycles. The fraction of sp³-hybridized carbons (Fsp3) is 0.421. The van der Waals surface area contributed by atoms with Crippen molar-refractivity contribution in [2.24, 2.45) is 10.9 Å². The number of rotatable bonds is 5. The van der Waals surface area contributed by atoms with E-state index in [9.17, 15) is 26.3 Å². The Hall–Kier alpha value is -2.29. The maximum Gasteiger partial charge on any atom is 0.416 e. The third-order valence-corrected chi connectivity index (χ3v) is 4.25. The number of nitrogens with one attached hydrogen (secondary N) is 2. The van der Waals surface area contributed by atoms with Crippen molar-refractivity contribution in [3.63, 3.8) is 0 Å². The minimum absolute atomic E-state index is 0.0406. The molecule has 0 bridgehead atoms. The second kappa shape index (κ2) is 8.38. The van der Waals surface area contributed by atoms with Gasteiger partial charge in [0.25, 0.3) is 0 Å². The van der Waals surface area contributed by atoms with Crippen LogP contribution < -0.4 is 10.6 Å². The van der Waals surface area contributed by atoms with Gasteiger partial charge in [0.2, 0.25) is 0 Å². The molecular formula is C19H21F6N3. The molecule has 2 rings (SSSR count). The summed E-state index contributed by atoms with van der Waals surface area (Å²) in [4.78, 5) is 4.24. The molecule has 1 saturated heterocycles. The molecule has 154 valence electrons. The van der Waals surface area contributed by atoms with E-state index in [0.29, 0.717) is 36.9 Å². The van der Waals surface area contributed by atoms with Gasteiger partial charge in [0, 0.05) is 18.8 Å². The molecule has 1 unspecified atom stereocenters. The van der Waals surface area contributed by atoms with Crippen molar-refractivity contribution < 1.29 is 26.3 Å². The number of alkyl halides is 6. The van der Waals surface area contributed by atoms with Gasteiger partial charge in [0.15, 0.2) is 0 Å². The number of halogens is 6. The number of aliphatic imine (C=N–C) groups is 1. The summed E-state index contributed by atoms with van der Waals surface area (Å²) in [5.74, 6) is 0.278. The summed E-state index contributed by atoms with van der Waals surface area (Å²) in [6.45, 7) is 8.73. The average molecular weight is 405 g/mol. The molecule has 0 saturated carbocycles. The third-order valence-electron chi connectivity index (χ3n) is 4.25. The summed E-state index contributed by atoms with van der Waals surface area (Å²) < 4.78 is 77.7. The Balaban J connectivity index is 2.29. The second-order valence-corrected chi connectivity index (χ2v) is 6.61. The fourth-order valence-electron chi connectivity index (χ4n) is 2.64. The van der Waals surface area contributed by atoms with Crippen molar-refractivity contribution in [1.29, 1.82) is 0 Å². The maximum atomic E-state index is 12.9. The van der Waals surface area contributed by atoms with Crippen molar-refractivity contribution in [3.05, 3.63) is 53.4 Å². The molecule has 1 aromatic carbocycles. The molecule has 0 aromatic heterocycles. The molecule has 1 aliphatic heterocycles. The highest BCUT2D eigenvalue weighted by Crippen LogP contribution is 2.37. The van der Waals surface area contributed by atoms with Gasteiger partial charge in [0.05, 0.1) is 16.8 Å². The minimum atomic E-state index is -4.91. The zero-order chi connectivity index (χ0) is 21.1. The van der Waals surface area contributed by atoms with E-state index in [1.165, 1.54) is 0 Å². The van der Waals surface area contributed by atoms with Gasteiger partial charge in [-0.1, -0.05) is 32.9 Å². The lowest BCUT2D eigenvalue weighted by molar-refractivity contribution is -0.143. The lowest BCUT2D eigenvalue weighted by Gasteiger charge is -2.15. The standard InChI is InChI=1S/C19H21F6N3/c1-4-11(2)5-13-9-26-10-17(13)28-12(3)27-16-7-14(18(20,21)22)6-15(8-16)19(23,24)25/h5-8,11,26-27H,3-4,9-10H2,1-2H3/b13-5-,28-17?. The van der Waals surface area contributed by atoms with Crippen molar-refractivity contribution >= 4 is 11.4 Å². The van der Waals surface area contributed by atoms with Gasteiger partial charge in [-0.2, -0.15) is 26.3 Å². The SMILES string of the molecule is C=C(N=C1CNC/C1=C/C(C)CC)Nc1cc(C(F)(F)F)cc(C(F)(F)F)c1. The van der Waals surface area contributed by atoms with E-state index in [1.807, 2.05) is 19.9 Å². The molecule has 1 aromatic rings. The summed E-state index contributed by atoms with van der Waals surface area (Å²) in [5, 5.41) is 5.56. The van der Waals surface area contributed by atoms with Crippen molar-refractivity contribution in [3.8, 4) is 0 Å². The van der Waals surface area contributed by atoms with Crippen molar-refractivity contribution in [1.82, 2.24) is 5.32 Å². The van der Waals surface area contributed by atoms with Gasteiger partial charge < -0.3 is 10.6 Å². The Bertz CT molecular complexity index is 758. The van der Waals surface area contributed by atoms with Crippen molar-refractivity contribution in [2.75, 3.05) is 18.4 Å². The first kappa shape index (κ1) is 22.0. The van der Waals surface area contributed by atoms with Crippen LogP contribution in [-0.4, -0.2) is 18.8 Å². The average Bonchev–Trinajstić information content (AvgIpc) is 2.99. The Morgan fingerprint density at radius 2 is 1.71 bits per heavy atom. The Labute approximate surface area is 159 Å². The highest BCUT2D eigenvalue weighted by molar-refractivity contribution is 6.04. The number of benzene rings is 1. The molecule has 28 heavy (non-hydrogen) atoms. The largest absolute Gasteiger partial charge is 0.416 e. The molecule has 0 amide bonds. The Kier molecular flexibility index (Phi) is 6.59. The van der Waals surface area contributed by atoms with E-state index in [2.05, 4.69) is 22.2 Å². The maximum absolute atomic E-state index is 12.9. The Morgan fingerprint density at radius 3 is 2.21 bits per heavy atom. The number of anilines is 1. The predicted molar refractivity (Wildman–Crippen MR) is 97.1 cm³/mol. The third kappa shape index (κ3) is 5.85. The lowest BCUT2D eigenvalue weighted by Crippen LogP contribution is -2.12. The molecule has 1 fully saturated rings. The minimum Gasteiger partial charge on any atom is -0.341 e. The number of allylic oxidation sites excluding steroid dienone is 1. The van der Waals surface area contributed by atoms with Crippen LogP contribution in [0.25, 0.3) is 0 Å². The first-order valence-electron chi connectivity index (χ1n) is 8.65. The normalized spacial score (nSPS) is 19.3. The monoisotopic (exact) mass is 405 g/mol. The molecule has 1 aliphatic rings. The first-order chi connectivity index (χ1) is 12.9. The van der Waals surface area contributed by atoms with Gasteiger partial charge in [-0.15, -0.1) is 0 Å². The smallest absolute Gasteiger partial charge is 0.341 e. The van der Waals surface area contributed by atoms with Gasteiger partial charge in [-0.05, 0) is 29.7 Å². The van der Waals surface area contributed by atoms with Crippen LogP contribution >= 0.6 is 0 Å². The van der Waals surface area contributed by atoms with Crippen LogP contribution in [-0.2, 0) is 12.4 Å². The van der Waals surface area contributed by atoms with Gasteiger partial charge in [-0.25, -0.2) is 4.99 Å². The van der Waals surface area contributed by atoms with Crippen LogP contribution in [0.5, 0.6) is 0 Å². The van der Waals surface area contributed by atoms with Crippen LogP contribution in [0.2, 0.25) is 0 Å². The molecule has 2 N–H and O–H groups in total. The second-order valence-electron chi connectivity index (χ2n) is 6.61. The van der Waals surface area contributed by atoms with E-state index in [0.717, 1.165) is 12.0 Å². The van der Waals surface area contributed by atoms with E-state index in [1.54, 1.807) is 0 Å². The van der Waals surface area contributed by atoms with Crippen LogP contribution in [0.4, 0.5) is 32.0 Å². The van der Waals surface area contributed by atoms with Gasteiger partial charge in [-0.3, -0.25) is 0 Å². The van der Waals surface area contributed by atoms with Crippen molar-refractivity contribution in [2.45, 2.75) is 32.6 Å². The highest BCUT2D eigenvalue weighted by atomic mass is 19.4. The number of hydrogen-bond acceptors (Lipinski definition) is 3. The summed E-state index contributed by atoms with van der Waals surface area (Å²) in [5.41, 5.74) is -1.58. The molecule has 1 atom stereocenters. The van der Waals surface area contributed by atoms with Crippen LogP contribution in [0.15, 0.2) is 47.2 Å². The van der Waals surface area contributed by atoms with Gasteiger partial charge >= 0.3 is 12.4 Å². The first-order valence-corrected chi connectivity index (χ1v) is 8.65. The summed E-state index contributed by atoms with van der Waals surface area (Å²) in [7, 11) is 0. The quantitative estimate of drug-likeness (QED) is 0.624. The van der Waals surface area contributed by atoms with Gasteiger partial charge in [0.1, 0.15) is 5.82 Å². The molecule has 9 heteroatoms. The fourth-order valence-corrected chi connectivity index (χ4v) is 2.64. The zero-order valence-electron chi connectivity index (χ0n) is 15.4. The summed E-state index contributed by atoms with van der Waals surface area (Å²) >= 11 is 0. The Morgan fingerprint density at radius 1 is 1.14 bits per heavy atom. The van der Waals surface area contributed by atoms with Crippen LogP contribution in [0, 0.1) is 5.92 Å². The molecule has 0 aliphatic carbocycles.